The molecule has 98 valence electrons. The number of benzene rings is 2. The molecule has 0 heteroatoms. The maximum atomic E-state index is 2.37. The number of fused-ring (bicyclic) bond motifs is 4. The molecule has 1 atom stereocenters. The summed E-state index contributed by atoms with van der Waals surface area (Å²) in [7, 11) is 0. The van der Waals surface area contributed by atoms with E-state index in [0.717, 1.165) is 6.42 Å². The Morgan fingerprint density at radius 1 is 0.850 bits per heavy atom. The molecule has 0 saturated heterocycles. The van der Waals surface area contributed by atoms with Crippen LogP contribution in [-0.2, 0) is 6.42 Å². The molecule has 0 radical (unpaired) electrons. The summed E-state index contributed by atoms with van der Waals surface area (Å²) in [5.74, 6) is 0.533. The van der Waals surface area contributed by atoms with E-state index in [-0.39, 0.29) is 0 Å². The Morgan fingerprint density at radius 2 is 1.60 bits per heavy atom. The van der Waals surface area contributed by atoms with E-state index in [1.807, 2.05) is 0 Å². The van der Waals surface area contributed by atoms with Gasteiger partial charge in [0.1, 0.15) is 0 Å². The molecule has 0 amide bonds. The SMILES string of the molecule is Cc1ccc2c(c1)C=C1C=Cc3cc(C)ccc3[C@H]1C2. The summed E-state index contributed by atoms with van der Waals surface area (Å²) in [5.41, 5.74) is 9.89. The third-order valence-electron chi connectivity index (χ3n) is 4.52. The van der Waals surface area contributed by atoms with Crippen LogP contribution in [-0.4, -0.2) is 0 Å². The zero-order chi connectivity index (χ0) is 13.7. The maximum Gasteiger partial charge on any atom is 0.0136 e. The van der Waals surface area contributed by atoms with Crippen molar-refractivity contribution < 1.29 is 0 Å². The Labute approximate surface area is 120 Å². The molecular weight excluding hydrogens is 240 g/mol. The highest BCUT2D eigenvalue weighted by atomic mass is 14.3. The van der Waals surface area contributed by atoms with Crippen molar-refractivity contribution in [2.75, 3.05) is 0 Å². The Morgan fingerprint density at radius 3 is 2.45 bits per heavy atom. The average molecular weight is 258 g/mol. The van der Waals surface area contributed by atoms with Gasteiger partial charge in [-0.25, -0.2) is 0 Å². The van der Waals surface area contributed by atoms with Gasteiger partial charge < -0.3 is 0 Å². The van der Waals surface area contributed by atoms with Crippen molar-refractivity contribution in [3.63, 3.8) is 0 Å². The van der Waals surface area contributed by atoms with Gasteiger partial charge in [0.05, 0.1) is 0 Å². The Bertz CT molecular complexity index is 760. The first-order valence-corrected chi connectivity index (χ1v) is 7.30. The standard InChI is InChI=1S/C20H18/c1-13-3-5-15-12-20-17(11-18(15)10-13)7-6-16-9-14(2)4-8-19(16)20/h3-11,20H,12H2,1-2H3/t20-/m0/s1. The predicted octanol–water partition coefficient (Wildman–Crippen LogP) is 5.05. The van der Waals surface area contributed by atoms with E-state index in [2.05, 4.69) is 68.5 Å². The summed E-state index contributed by atoms with van der Waals surface area (Å²) in [4.78, 5) is 0. The van der Waals surface area contributed by atoms with Crippen molar-refractivity contribution in [1.29, 1.82) is 0 Å². The number of aryl methyl sites for hydroxylation is 2. The van der Waals surface area contributed by atoms with Crippen LogP contribution in [0.4, 0.5) is 0 Å². The quantitative estimate of drug-likeness (QED) is 0.620. The first-order chi connectivity index (χ1) is 9.70. The van der Waals surface area contributed by atoms with E-state index in [4.69, 9.17) is 0 Å². The molecule has 0 N–H and O–H groups in total. The van der Waals surface area contributed by atoms with E-state index in [1.165, 1.54) is 39.0 Å². The van der Waals surface area contributed by atoms with Crippen molar-refractivity contribution in [2.45, 2.75) is 26.2 Å². The molecule has 0 nitrogen and oxygen atoms in total. The van der Waals surface area contributed by atoms with Gasteiger partial charge in [-0.1, -0.05) is 65.8 Å². The topological polar surface area (TPSA) is 0 Å². The van der Waals surface area contributed by atoms with Crippen molar-refractivity contribution in [3.05, 3.63) is 81.4 Å². The van der Waals surface area contributed by atoms with Gasteiger partial charge in [0.15, 0.2) is 0 Å². The van der Waals surface area contributed by atoms with Gasteiger partial charge in [0.2, 0.25) is 0 Å². The minimum Gasteiger partial charge on any atom is -0.0590 e. The lowest BCUT2D eigenvalue weighted by Gasteiger charge is -2.29. The summed E-state index contributed by atoms with van der Waals surface area (Å²) in [6.45, 7) is 4.33. The van der Waals surface area contributed by atoms with Gasteiger partial charge >= 0.3 is 0 Å². The van der Waals surface area contributed by atoms with Gasteiger partial charge in [-0.3, -0.25) is 0 Å². The molecule has 0 bridgehead atoms. The van der Waals surface area contributed by atoms with Gasteiger partial charge in [-0.2, -0.15) is 0 Å². The highest BCUT2D eigenvalue weighted by Crippen LogP contribution is 2.41. The molecule has 0 spiro atoms. The van der Waals surface area contributed by atoms with Crippen molar-refractivity contribution in [1.82, 2.24) is 0 Å². The molecule has 0 aliphatic heterocycles. The molecule has 2 aromatic rings. The maximum absolute atomic E-state index is 2.37. The molecule has 2 aliphatic rings. The minimum absolute atomic E-state index is 0.533. The predicted molar refractivity (Wildman–Crippen MR) is 85.8 cm³/mol. The van der Waals surface area contributed by atoms with Crippen LogP contribution in [0.3, 0.4) is 0 Å². The molecule has 2 aliphatic carbocycles. The summed E-state index contributed by atoms with van der Waals surface area (Å²) in [5, 5.41) is 0. The Kier molecular flexibility index (Phi) is 2.47. The molecule has 0 saturated carbocycles. The van der Waals surface area contributed by atoms with Crippen LogP contribution in [0.25, 0.3) is 12.2 Å². The van der Waals surface area contributed by atoms with E-state index >= 15 is 0 Å². The lowest BCUT2D eigenvalue weighted by atomic mass is 9.75. The molecule has 4 rings (SSSR count). The molecular formula is C20H18. The number of rotatable bonds is 0. The van der Waals surface area contributed by atoms with Gasteiger partial charge in [0.25, 0.3) is 0 Å². The summed E-state index contributed by atoms with van der Waals surface area (Å²) < 4.78 is 0. The minimum atomic E-state index is 0.533. The third kappa shape index (κ3) is 1.76. The van der Waals surface area contributed by atoms with Crippen LogP contribution in [0.1, 0.15) is 39.3 Å². The third-order valence-corrected chi connectivity index (χ3v) is 4.52. The number of allylic oxidation sites excluding steroid dienone is 2. The van der Waals surface area contributed by atoms with Crippen molar-refractivity contribution in [2.24, 2.45) is 0 Å². The second-order valence-electron chi connectivity index (χ2n) is 6.07. The first-order valence-electron chi connectivity index (χ1n) is 7.30. The van der Waals surface area contributed by atoms with Gasteiger partial charge in [-0.05, 0) is 48.1 Å². The molecule has 2 aromatic carbocycles. The highest BCUT2D eigenvalue weighted by Gasteiger charge is 2.25. The second kappa shape index (κ2) is 4.21. The fraction of sp³-hybridized carbons (Fsp3) is 0.200. The summed E-state index contributed by atoms with van der Waals surface area (Å²) >= 11 is 0. The van der Waals surface area contributed by atoms with E-state index in [9.17, 15) is 0 Å². The lowest BCUT2D eigenvalue weighted by Crippen LogP contribution is -2.14. The van der Waals surface area contributed by atoms with Gasteiger partial charge in [0, 0.05) is 5.92 Å². The Hall–Kier alpha value is -2.08. The molecule has 0 aromatic heterocycles. The van der Waals surface area contributed by atoms with Crippen LogP contribution < -0.4 is 0 Å². The largest absolute Gasteiger partial charge is 0.0590 e. The zero-order valence-electron chi connectivity index (χ0n) is 12.0. The number of hydrogen-bond acceptors (Lipinski definition) is 0. The smallest absolute Gasteiger partial charge is 0.0136 e. The van der Waals surface area contributed by atoms with Crippen LogP contribution in [0, 0.1) is 13.8 Å². The number of hydrogen-bond donors (Lipinski definition) is 0. The van der Waals surface area contributed by atoms with Crippen molar-refractivity contribution >= 4 is 12.2 Å². The lowest BCUT2D eigenvalue weighted by molar-refractivity contribution is 0.788. The molecule has 0 heterocycles. The van der Waals surface area contributed by atoms with Crippen LogP contribution in [0.2, 0.25) is 0 Å². The van der Waals surface area contributed by atoms with E-state index < -0.39 is 0 Å². The normalized spacial score (nSPS) is 18.9. The van der Waals surface area contributed by atoms with E-state index in [1.54, 1.807) is 0 Å². The summed E-state index contributed by atoms with van der Waals surface area (Å²) in [6, 6.07) is 13.7. The molecule has 0 unspecified atom stereocenters. The second-order valence-corrected chi connectivity index (χ2v) is 6.07. The fourth-order valence-corrected chi connectivity index (χ4v) is 3.45. The first kappa shape index (κ1) is 11.7. The van der Waals surface area contributed by atoms with Crippen LogP contribution in [0.5, 0.6) is 0 Å². The Balaban J connectivity index is 1.87. The fourth-order valence-electron chi connectivity index (χ4n) is 3.45. The monoisotopic (exact) mass is 258 g/mol. The van der Waals surface area contributed by atoms with Crippen LogP contribution >= 0.6 is 0 Å². The average Bonchev–Trinajstić information content (AvgIpc) is 2.44. The van der Waals surface area contributed by atoms with E-state index in [0.29, 0.717) is 5.92 Å². The highest BCUT2D eigenvalue weighted by molar-refractivity contribution is 5.74. The molecule has 0 fully saturated rings. The zero-order valence-corrected chi connectivity index (χ0v) is 12.0. The van der Waals surface area contributed by atoms with Crippen LogP contribution in [0.15, 0.2) is 48.0 Å². The van der Waals surface area contributed by atoms with Gasteiger partial charge in [-0.15, -0.1) is 0 Å². The molecule has 20 heavy (non-hydrogen) atoms. The van der Waals surface area contributed by atoms with Crippen molar-refractivity contribution in [3.8, 4) is 0 Å². The summed E-state index contributed by atoms with van der Waals surface area (Å²) in [6.07, 6.45) is 8.07.